The van der Waals surface area contributed by atoms with Gasteiger partial charge in [0, 0.05) is 30.7 Å². The van der Waals surface area contributed by atoms with Gasteiger partial charge in [-0.05, 0) is 80.8 Å². The number of rotatable bonds is 15. The largest absolute Gasteiger partial charge is 0.459 e. The number of benzene rings is 1. The fourth-order valence-corrected chi connectivity index (χ4v) is 8.98. The molecule has 0 radical (unpaired) electrons. The van der Waals surface area contributed by atoms with Crippen LogP contribution in [0.3, 0.4) is 0 Å². The average Bonchev–Trinajstić information content (AvgIpc) is 3.39. The monoisotopic (exact) mass is 715 g/mol. The zero-order valence-electron chi connectivity index (χ0n) is 32.4. The van der Waals surface area contributed by atoms with Crippen LogP contribution in [0.15, 0.2) is 78.9 Å². The number of aliphatic hydroxyl groups excluding tert-OH is 1. The number of aliphatic hydroxyl groups is 2. The summed E-state index contributed by atoms with van der Waals surface area (Å²) in [5.74, 6) is -2.75. The van der Waals surface area contributed by atoms with E-state index in [0.717, 1.165) is 18.4 Å². The summed E-state index contributed by atoms with van der Waals surface area (Å²) in [6.07, 6.45) is 20.1. The third-order valence-electron chi connectivity index (χ3n) is 12.0. The highest BCUT2D eigenvalue weighted by molar-refractivity contribution is 6.09. The Balaban J connectivity index is 1.50. The minimum Gasteiger partial charge on any atom is -0.459 e. The average molecular weight is 716 g/mol. The molecule has 1 spiro atoms. The zero-order valence-corrected chi connectivity index (χ0v) is 32.4. The Kier molecular flexibility index (Phi) is 15.3. The number of ether oxygens (including phenoxy) is 1. The molecule has 1 heterocycles. The number of unbranched alkanes of at least 4 members (excludes halogenated alkanes) is 5. The fourth-order valence-electron chi connectivity index (χ4n) is 8.98. The third kappa shape index (κ3) is 10.0. The lowest BCUT2D eigenvalue weighted by Gasteiger charge is -2.49. The summed E-state index contributed by atoms with van der Waals surface area (Å²) in [4.78, 5) is 42.7. The van der Waals surface area contributed by atoms with Gasteiger partial charge in [-0.1, -0.05) is 127 Å². The van der Waals surface area contributed by atoms with Crippen LogP contribution < -0.4 is 5.32 Å². The van der Waals surface area contributed by atoms with E-state index in [9.17, 15) is 24.6 Å². The van der Waals surface area contributed by atoms with Crippen LogP contribution in [0.1, 0.15) is 117 Å². The number of carbonyl (C=O) groups is 3. The first-order valence-electron chi connectivity index (χ1n) is 20.0. The van der Waals surface area contributed by atoms with Crippen LogP contribution in [0.25, 0.3) is 0 Å². The number of ketones is 1. The maximum absolute atomic E-state index is 14.9. The summed E-state index contributed by atoms with van der Waals surface area (Å²) in [6.45, 7) is 14.1. The van der Waals surface area contributed by atoms with Gasteiger partial charge in [0.05, 0.1) is 11.7 Å². The van der Waals surface area contributed by atoms with Gasteiger partial charge in [-0.15, -0.1) is 0 Å². The van der Waals surface area contributed by atoms with E-state index >= 15 is 0 Å². The van der Waals surface area contributed by atoms with Crippen molar-refractivity contribution >= 4 is 17.7 Å². The maximum atomic E-state index is 14.9. The molecule has 4 rings (SSSR count). The standard InChI is InChI=1S/C45H65NO6/c1-7-8-9-10-11-12-13-14-15-17-21-31(2)26-27-40(48)52-39-29-38(47)45-36(25-20-22-32(3)30-44(39,6)51)42(49)34(5)33(4)41(45)37(46-43(45)50)28-35-23-18-16-19-24-35/h13-20,23-25,31-33,36-37,39,41-42,49,51H,5,7-12,21-22,26-30H2,1-4,6H3,(H,46,50)/b14-13+,17-15+,25-20+/t31?,32-,33-,36+,37+,39+,41+,42+,44-,45+/m1/s1. The highest BCUT2D eigenvalue weighted by Crippen LogP contribution is 2.57. The normalized spacial score (nSPS) is 33.7. The Hall–Kier alpha value is -3.29. The second-order valence-electron chi connectivity index (χ2n) is 16.4. The molecular formula is C45H65NO6. The molecule has 7 heteroatoms. The lowest BCUT2D eigenvalue weighted by molar-refractivity contribution is -0.171. The van der Waals surface area contributed by atoms with Gasteiger partial charge in [0.15, 0.2) is 5.78 Å². The molecule has 286 valence electrons. The van der Waals surface area contributed by atoms with Gasteiger partial charge in [-0.25, -0.2) is 0 Å². The van der Waals surface area contributed by atoms with Crippen molar-refractivity contribution in [2.24, 2.45) is 35.0 Å². The molecule has 1 aliphatic heterocycles. The zero-order chi connectivity index (χ0) is 37.9. The van der Waals surface area contributed by atoms with Gasteiger partial charge in [0.1, 0.15) is 11.5 Å². The number of allylic oxidation sites excluding steroid dienone is 5. The Morgan fingerprint density at radius 3 is 2.54 bits per heavy atom. The van der Waals surface area contributed by atoms with Crippen LogP contribution in [0.4, 0.5) is 0 Å². The van der Waals surface area contributed by atoms with Crippen molar-refractivity contribution in [2.75, 3.05) is 0 Å². The van der Waals surface area contributed by atoms with Crippen LogP contribution >= 0.6 is 0 Å². The van der Waals surface area contributed by atoms with Crippen molar-refractivity contribution in [1.82, 2.24) is 5.32 Å². The summed E-state index contributed by atoms with van der Waals surface area (Å²) in [7, 11) is 0. The van der Waals surface area contributed by atoms with Gasteiger partial charge >= 0.3 is 5.97 Å². The molecule has 0 bridgehead atoms. The molecule has 2 fully saturated rings. The maximum Gasteiger partial charge on any atom is 0.306 e. The van der Waals surface area contributed by atoms with Crippen molar-refractivity contribution in [2.45, 2.75) is 142 Å². The molecule has 0 aromatic heterocycles. The summed E-state index contributed by atoms with van der Waals surface area (Å²) in [5, 5.41) is 26.7. The predicted molar refractivity (Wildman–Crippen MR) is 208 cm³/mol. The quantitative estimate of drug-likeness (QED) is 0.0553. The number of nitrogens with one attached hydrogen (secondary N) is 1. The van der Waals surface area contributed by atoms with E-state index in [2.05, 4.69) is 50.0 Å². The number of amides is 1. The van der Waals surface area contributed by atoms with E-state index in [-0.39, 0.29) is 36.6 Å². The van der Waals surface area contributed by atoms with E-state index in [1.54, 1.807) is 6.92 Å². The second-order valence-corrected chi connectivity index (χ2v) is 16.4. The second kappa shape index (κ2) is 19.2. The molecule has 1 aromatic carbocycles. The lowest BCUT2D eigenvalue weighted by Crippen LogP contribution is -2.59. The Labute approximate surface area is 313 Å². The molecule has 1 aromatic rings. The Morgan fingerprint density at radius 2 is 1.81 bits per heavy atom. The summed E-state index contributed by atoms with van der Waals surface area (Å²) in [5.41, 5.74) is -1.49. The number of esters is 1. The van der Waals surface area contributed by atoms with Crippen LogP contribution in [-0.4, -0.2) is 51.7 Å². The molecule has 1 unspecified atom stereocenters. The van der Waals surface area contributed by atoms with Crippen molar-refractivity contribution in [3.8, 4) is 0 Å². The van der Waals surface area contributed by atoms with Crippen molar-refractivity contribution in [3.63, 3.8) is 0 Å². The van der Waals surface area contributed by atoms with Crippen LogP contribution in [0.2, 0.25) is 0 Å². The van der Waals surface area contributed by atoms with Gasteiger partial charge in [-0.2, -0.15) is 0 Å². The van der Waals surface area contributed by atoms with Crippen molar-refractivity contribution in [1.29, 1.82) is 0 Å². The molecule has 1 saturated carbocycles. The lowest BCUT2D eigenvalue weighted by atomic mass is 9.51. The van der Waals surface area contributed by atoms with Gasteiger partial charge in [0.2, 0.25) is 5.91 Å². The van der Waals surface area contributed by atoms with Gasteiger partial charge in [-0.3, -0.25) is 14.4 Å². The summed E-state index contributed by atoms with van der Waals surface area (Å²) >= 11 is 0. The molecule has 3 N–H and O–H groups in total. The summed E-state index contributed by atoms with van der Waals surface area (Å²) < 4.78 is 6.04. The smallest absolute Gasteiger partial charge is 0.306 e. The number of carbonyl (C=O) groups excluding carboxylic acids is 3. The highest BCUT2D eigenvalue weighted by atomic mass is 16.6. The van der Waals surface area contributed by atoms with Crippen LogP contribution in [0.5, 0.6) is 0 Å². The first-order chi connectivity index (χ1) is 24.8. The van der Waals surface area contributed by atoms with Crippen LogP contribution in [-0.2, 0) is 25.5 Å². The van der Waals surface area contributed by atoms with Crippen molar-refractivity contribution in [3.05, 3.63) is 84.5 Å². The highest BCUT2D eigenvalue weighted by Gasteiger charge is 2.68. The number of Topliss-reactive ketones (excluding diaryl/α,β-unsaturated/α-hetero) is 1. The van der Waals surface area contributed by atoms with Gasteiger partial charge in [0.25, 0.3) is 0 Å². The minimum atomic E-state index is -1.62. The van der Waals surface area contributed by atoms with Crippen molar-refractivity contribution < 1.29 is 29.3 Å². The SMILES string of the molecule is C=C1[C@@H](C)[C@H]2[C@H](Cc3ccccc3)NC(=O)[C@@]23C(=O)C[C@H](OC(=O)CCC(C)C/C=C/C=C/CCCCCCC)[C@](C)(O)C[C@H](C)C/C=C/[C@H]3[C@H]1O. The Morgan fingerprint density at radius 1 is 1.10 bits per heavy atom. The van der Waals surface area contributed by atoms with E-state index in [0.29, 0.717) is 31.3 Å². The van der Waals surface area contributed by atoms with E-state index in [1.165, 1.54) is 32.1 Å². The molecule has 52 heavy (non-hydrogen) atoms. The van der Waals surface area contributed by atoms with E-state index in [4.69, 9.17) is 4.74 Å². The summed E-state index contributed by atoms with van der Waals surface area (Å²) in [6, 6.07) is 9.48. The molecule has 1 amide bonds. The van der Waals surface area contributed by atoms with E-state index in [1.807, 2.05) is 56.3 Å². The first kappa shape index (κ1) is 41.5. The third-order valence-corrected chi connectivity index (χ3v) is 12.0. The van der Waals surface area contributed by atoms with Crippen LogP contribution in [0, 0.1) is 35.0 Å². The van der Waals surface area contributed by atoms with Gasteiger partial charge < -0.3 is 20.3 Å². The molecule has 10 atom stereocenters. The Bertz CT molecular complexity index is 1440. The topological polar surface area (TPSA) is 113 Å². The molecule has 7 nitrogen and oxygen atoms in total. The number of hydrogen-bond donors (Lipinski definition) is 3. The molecule has 2 aliphatic carbocycles. The molecule has 3 aliphatic rings. The molecular weight excluding hydrogens is 650 g/mol. The predicted octanol–water partition coefficient (Wildman–Crippen LogP) is 8.40. The molecule has 1 saturated heterocycles. The fraction of sp³-hybridized carbons (Fsp3) is 0.622. The van der Waals surface area contributed by atoms with E-state index < -0.39 is 52.7 Å². The minimum absolute atomic E-state index is 0.0135. The first-order valence-corrected chi connectivity index (χ1v) is 20.0. The number of hydrogen-bond acceptors (Lipinski definition) is 6.